The lowest BCUT2D eigenvalue weighted by atomic mass is 10.3. The van der Waals surface area contributed by atoms with Crippen LogP contribution in [0.4, 0.5) is 0 Å². The normalized spacial score (nSPS) is 10.0. The zero-order valence-electron chi connectivity index (χ0n) is 7.70. The molecule has 0 atom stereocenters. The highest BCUT2D eigenvalue weighted by Crippen LogP contribution is 2.19. The van der Waals surface area contributed by atoms with Gasteiger partial charge in [0.25, 0.3) is 5.95 Å². The Morgan fingerprint density at radius 1 is 1.54 bits per heavy atom. The van der Waals surface area contributed by atoms with E-state index in [1.165, 1.54) is 0 Å². The van der Waals surface area contributed by atoms with Gasteiger partial charge in [0, 0.05) is 18.7 Å². The van der Waals surface area contributed by atoms with E-state index in [4.69, 9.17) is 13.9 Å². The molecule has 0 N–H and O–H groups in total. The van der Waals surface area contributed by atoms with E-state index in [0.717, 1.165) is 5.56 Å². The molecular weight excluding hydrogens is 172 g/mol. The van der Waals surface area contributed by atoms with Gasteiger partial charge in [-0.3, -0.25) is 4.79 Å². The summed E-state index contributed by atoms with van der Waals surface area (Å²) in [5.41, 5.74) is 0.780. The summed E-state index contributed by atoms with van der Waals surface area (Å²) in [6.45, 7) is 2.70. The Labute approximate surface area is 76.4 Å². The minimum Gasteiger partial charge on any atom is -0.463 e. The molecule has 0 aromatic carbocycles. The molecule has 1 aromatic heterocycles. The summed E-state index contributed by atoms with van der Waals surface area (Å²) in [6, 6.07) is 1.68. The van der Waals surface area contributed by atoms with Crippen LogP contribution in [0.3, 0.4) is 0 Å². The van der Waals surface area contributed by atoms with Crippen LogP contribution in [0.5, 0.6) is 5.95 Å². The van der Waals surface area contributed by atoms with E-state index >= 15 is 0 Å². The zero-order valence-corrected chi connectivity index (χ0v) is 7.70. The van der Waals surface area contributed by atoms with Crippen molar-refractivity contribution < 1.29 is 18.7 Å². The molecule has 13 heavy (non-hydrogen) atoms. The van der Waals surface area contributed by atoms with Crippen molar-refractivity contribution in [1.29, 1.82) is 0 Å². The summed E-state index contributed by atoms with van der Waals surface area (Å²) in [5.74, 6) is 0.670. The molecule has 1 rings (SSSR count). The maximum absolute atomic E-state index is 10.4. The second-order valence-corrected chi connectivity index (χ2v) is 2.57. The number of rotatable bonds is 5. The molecule has 0 aliphatic carbocycles. The van der Waals surface area contributed by atoms with Crippen LogP contribution in [0.1, 0.15) is 16.1 Å². The highest BCUT2D eigenvalue weighted by Gasteiger charge is 2.06. The predicted molar refractivity (Wildman–Crippen MR) is 46.2 cm³/mol. The van der Waals surface area contributed by atoms with E-state index in [-0.39, 0.29) is 0 Å². The van der Waals surface area contributed by atoms with Crippen LogP contribution in [0, 0.1) is 6.92 Å². The molecule has 4 heteroatoms. The highest BCUT2D eigenvalue weighted by molar-refractivity contribution is 5.73. The van der Waals surface area contributed by atoms with Crippen LogP contribution >= 0.6 is 0 Å². The third-order valence-electron chi connectivity index (χ3n) is 1.57. The second-order valence-electron chi connectivity index (χ2n) is 2.57. The molecule has 0 fully saturated rings. The number of furan rings is 1. The first-order valence-corrected chi connectivity index (χ1v) is 3.95. The van der Waals surface area contributed by atoms with Crippen molar-refractivity contribution >= 4 is 6.29 Å². The number of hydrogen-bond acceptors (Lipinski definition) is 4. The summed E-state index contributed by atoms with van der Waals surface area (Å²) >= 11 is 0. The van der Waals surface area contributed by atoms with Gasteiger partial charge in [-0.1, -0.05) is 0 Å². The van der Waals surface area contributed by atoms with E-state index in [0.29, 0.717) is 31.2 Å². The number of ether oxygens (including phenoxy) is 2. The van der Waals surface area contributed by atoms with Gasteiger partial charge in [-0.2, -0.15) is 0 Å². The van der Waals surface area contributed by atoms with Crippen molar-refractivity contribution in [2.24, 2.45) is 0 Å². The maximum Gasteiger partial charge on any atom is 0.285 e. The summed E-state index contributed by atoms with van der Waals surface area (Å²) < 4.78 is 15.0. The van der Waals surface area contributed by atoms with Crippen molar-refractivity contribution in [3.8, 4) is 5.95 Å². The number of aldehydes is 1. The molecular formula is C9H12O4. The van der Waals surface area contributed by atoms with Crippen molar-refractivity contribution in [2.75, 3.05) is 20.3 Å². The molecule has 0 aliphatic rings. The standard InChI is InChI=1S/C9H12O4/c1-7-5-9(12-4-3-11-2)13-8(7)6-10/h5-6H,3-4H2,1-2H3. The summed E-state index contributed by atoms with van der Waals surface area (Å²) in [4.78, 5) is 10.4. The van der Waals surface area contributed by atoms with Crippen LogP contribution in [0.2, 0.25) is 0 Å². The first-order chi connectivity index (χ1) is 6.27. The number of aryl methyl sites for hydroxylation is 1. The minimum atomic E-state index is 0.312. The van der Waals surface area contributed by atoms with Crippen molar-refractivity contribution in [1.82, 2.24) is 0 Å². The third kappa shape index (κ3) is 2.59. The Kier molecular flexibility index (Phi) is 3.52. The average molecular weight is 184 g/mol. The maximum atomic E-state index is 10.4. The highest BCUT2D eigenvalue weighted by atomic mass is 16.6. The van der Waals surface area contributed by atoms with Crippen LogP contribution in [-0.4, -0.2) is 26.6 Å². The molecule has 0 aliphatic heterocycles. The van der Waals surface area contributed by atoms with Gasteiger partial charge in [-0.15, -0.1) is 0 Å². The first-order valence-electron chi connectivity index (χ1n) is 3.95. The lowest BCUT2D eigenvalue weighted by Crippen LogP contribution is -2.03. The molecule has 0 bridgehead atoms. The molecule has 1 aromatic rings. The summed E-state index contributed by atoms with van der Waals surface area (Å²) in [5, 5.41) is 0. The molecule has 72 valence electrons. The SMILES string of the molecule is COCCOc1cc(C)c(C=O)o1. The molecule has 0 spiro atoms. The van der Waals surface area contributed by atoms with Crippen molar-refractivity contribution in [2.45, 2.75) is 6.92 Å². The van der Waals surface area contributed by atoms with Gasteiger partial charge in [0.2, 0.25) is 0 Å². The lowest BCUT2D eigenvalue weighted by molar-refractivity contribution is 0.107. The molecule has 4 nitrogen and oxygen atoms in total. The molecule has 0 saturated carbocycles. The van der Waals surface area contributed by atoms with Crippen LogP contribution in [0.15, 0.2) is 10.5 Å². The molecule has 0 saturated heterocycles. The third-order valence-corrected chi connectivity index (χ3v) is 1.57. The zero-order chi connectivity index (χ0) is 9.68. The second kappa shape index (κ2) is 4.67. The quantitative estimate of drug-likeness (QED) is 0.513. The minimum absolute atomic E-state index is 0.312. The molecule has 0 unspecified atom stereocenters. The van der Waals surface area contributed by atoms with Crippen molar-refractivity contribution in [3.63, 3.8) is 0 Å². The smallest absolute Gasteiger partial charge is 0.285 e. The van der Waals surface area contributed by atoms with Gasteiger partial charge in [0.15, 0.2) is 12.0 Å². The number of carbonyl (C=O) groups is 1. The van der Waals surface area contributed by atoms with E-state index in [1.807, 2.05) is 0 Å². The van der Waals surface area contributed by atoms with Gasteiger partial charge in [0.05, 0.1) is 6.61 Å². The number of methoxy groups -OCH3 is 1. The average Bonchev–Trinajstić information content (AvgIpc) is 2.47. The molecule has 0 radical (unpaired) electrons. The van der Waals surface area contributed by atoms with Crippen LogP contribution < -0.4 is 4.74 Å². The lowest BCUT2D eigenvalue weighted by Gasteiger charge is -1.99. The fourth-order valence-electron chi connectivity index (χ4n) is 0.880. The van der Waals surface area contributed by atoms with Gasteiger partial charge in [0.1, 0.15) is 6.61 Å². The van der Waals surface area contributed by atoms with E-state index < -0.39 is 0 Å². The predicted octanol–water partition coefficient (Wildman–Crippen LogP) is 1.43. The van der Waals surface area contributed by atoms with E-state index in [9.17, 15) is 4.79 Å². The largest absolute Gasteiger partial charge is 0.463 e. The summed E-state index contributed by atoms with van der Waals surface area (Å²) in [6.07, 6.45) is 0.665. The van der Waals surface area contributed by atoms with Crippen LogP contribution in [-0.2, 0) is 4.74 Å². The Hall–Kier alpha value is -1.29. The number of carbonyl (C=O) groups excluding carboxylic acids is 1. The number of hydrogen-bond donors (Lipinski definition) is 0. The Morgan fingerprint density at radius 3 is 2.85 bits per heavy atom. The Morgan fingerprint density at radius 2 is 2.31 bits per heavy atom. The summed E-state index contributed by atoms with van der Waals surface area (Å²) in [7, 11) is 1.59. The topological polar surface area (TPSA) is 48.7 Å². The van der Waals surface area contributed by atoms with Gasteiger partial charge < -0.3 is 13.9 Å². The van der Waals surface area contributed by atoms with Crippen LogP contribution in [0.25, 0.3) is 0 Å². The molecule has 1 heterocycles. The van der Waals surface area contributed by atoms with E-state index in [2.05, 4.69) is 0 Å². The Bertz CT molecular complexity index is 277. The fraction of sp³-hybridized carbons (Fsp3) is 0.444. The van der Waals surface area contributed by atoms with E-state index in [1.54, 1.807) is 20.1 Å². The monoisotopic (exact) mass is 184 g/mol. The molecule has 0 amide bonds. The van der Waals surface area contributed by atoms with Gasteiger partial charge >= 0.3 is 0 Å². The fourth-order valence-corrected chi connectivity index (χ4v) is 0.880. The Balaban J connectivity index is 2.52. The van der Waals surface area contributed by atoms with Crippen molar-refractivity contribution in [3.05, 3.63) is 17.4 Å². The van der Waals surface area contributed by atoms with Gasteiger partial charge in [-0.05, 0) is 6.92 Å². The first kappa shape index (κ1) is 9.80. The van der Waals surface area contributed by atoms with Gasteiger partial charge in [-0.25, -0.2) is 0 Å².